The summed E-state index contributed by atoms with van der Waals surface area (Å²) < 4.78 is 1.59. The molecule has 6 nitrogen and oxygen atoms in total. The highest BCUT2D eigenvalue weighted by Gasteiger charge is 2.42. The quantitative estimate of drug-likeness (QED) is 0.859. The molecular formula is C20H27N3O3. The maximum Gasteiger partial charge on any atom is 0.272 e. The van der Waals surface area contributed by atoms with Crippen molar-refractivity contribution in [3.8, 4) is 11.3 Å². The number of hydrogen-bond acceptors (Lipinski definition) is 4. The third-order valence-electron chi connectivity index (χ3n) is 5.50. The van der Waals surface area contributed by atoms with Gasteiger partial charge < -0.3 is 15.1 Å². The molecular weight excluding hydrogens is 330 g/mol. The number of benzene rings is 1. The second kappa shape index (κ2) is 7.60. The Kier molecular flexibility index (Phi) is 5.44. The van der Waals surface area contributed by atoms with Gasteiger partial charge in [-0.3, -0.25) is 9.48 Å². The van der Waals surface area contributed by atoms with E-state index in [-0.39, 0.29) is 19.1 Å². The van der Waals surface area contributed by atoms with Crippen LogP contribution in [-0.4, -0.2) is 56.6 Å². The molecule has 1 fully saturated rings. The standard InChI is InChI=1S/C20H27N3O3/c1-3-9-20(14-24)10-11-23(13-18(20)25)19(26)17-12-16(21-22(17)2)15-7-5-4-6-8-15/h4-8,12,18,24-25H,3,9-11,13-14H2,1-2H3/t18-,20+/m0/s1. The van der Waals surface area contributed by atoms with E-state index in [1.165, 1.54) is 0 Å². The fourth-order valence-corrected chi connectivity index (χ4v) is 3.83. The van der Waals surface area contributed by atoms with Crippen LogP contribution in [0, 0.1) is 5.41 Å². The molecule has 140 valence electrons. The van der Waals surface area contributed by atoms with Crippen LogP contribution in [0.5, 0.6) is 0 Å². The van der Waals surface area contributed by atoms with Crippen LogP contribution in [0.4, 0.5) is 0 Å². The van der Waals surface area contributed by atoms with Crippen molar-refractivity contribution >= 4 is 5.91 Å². The second-order valence-electron chi connectivity index (χ2n) is 7.19. The number of amides is 1. The van der Waals surface area contributed by atoms with E-state index in [9.17, 15) is 15.0 Å². The average Bonchev–Trinajstić information content (AvgIpc) is 3.05. The summed E-state index contributed by atoms with van der Waals surface area (Å²) in [4.78, 5) is 14.6. The molecule has 0 saturated carbocycles. The van der Waals surface area contributed by atoms with Gasteiger partial charge in [0.05, 0.1) is 18.4 Å². The second-order valence-corrected chi connectivity index (χ2v) is 7.19. The number of aliphatic hydroxyl groups is 2. The first-order valence-electron chi connectivity index (χ1n) is 9.18. The lowest BCUT2D eigenvalue weighted by Gasteiger charge is -2.44. The molecule has 1 aliphatic heterocycles. The van der Waals surface area contributed by atoms with Crippen molar-refractivity contribution < 1.29 is 15.0 Å². The van der Waals surface area contributed by atoms with Gasteiger partial charge >= 0.3 is 0 Å². The van der Waals surface area contributed by atoms with Gasteiger partial charge in [-0.05, 0) is 18.9 Å². The molecule has 3 rings (SSSR count). The number of β-amino-alcohol motifs (C(OH)–C–C–N with tert-alkyl or cyclic N) is 1. The number of aryl methyl sites for hydroxylation is 1. The number of nitrogens with zero attached hydrogens (tertiary/aromatic N) is 3. The van der Waals surface area contributed by atoms with Crippen LogP contribution in [0.15, 0.2) is 36.4 Å². The highest BCUT2D eigenvalue weighted by atomic mass is 16.3. The van der Waals surface area contributed by atoms with Crippen molar-refractivity contribution in [2.75, 3.05) is 19.7 Å². The Morgan fingerprint density at radius 1 is 1.35 bits per heavy atom. The zero-order valence-corrected chi connectivity index (χ0v) is 15.4. The summed E-state index contributed by atoms with van der Waals surface area (Å²) in [6.07, 6.45) is 1.55. The first-order valence-corrected chi connectivity index (χ1v) is 9.18. The number of piperidine rings is 1. The summed E-state index contributed by atoms with van der Waals surface area (Å²) in [7, 11) is 1.76. The van der Waals surface area contributed by atoms with Crippen LogP contribution in [-0.2, 0) is 7.05 Å². The highest BCUT2D eigenvalue weighted by Crippen LogP contribution is 2.36. The van der Waals surface area contributed by atoms with Gasteiger partial charge in [0.25, 0.3) is 5.91 Å². The van der Waals surface area contributed by atoms with Gasteiger partial charge in [-0.1, -0.05) is 43.7 Å². The molecule has 2 heterocycles. The number of carbonyl (C=O) groups excluding carboxylic acids is 1. The van der Waals surface area contributed by atoms with Gasteiger partial charge in [0.15, 0.2) is 0 Å². The highest BCUT2D eigenvalue weighted by molar-refractivity contribution is 5.93. The van der Waals surface area contributed by atoms with E-state index in [0.29, 0.717) is 18.7 Å². The van der Waals surface area contributed by atoms with Gasteiger partial charge in [0.1, 0.15) is 5.69 Å². The lowest BCUT2D eigenvalue weighted by molar-refractivity contribution is -0.0714. The zero-order chi connectivity index (χ0) is 18.7. The van der Waals surface area contributed by atoms with Crippen molar-refractivity contribution in [3.05, 3.63) is 42.1 Å². The largest absolute Gasteiger partial charge is 0.396 e. The van der Waals surface area contributed by atoms with Gasteiger partial charge in [0.2, 0.25) is 0 Å². The Morgan fingerprint density at radius 3 is 2.69 bits per heavy atom. The molecule has 1 aromatic carbocycles. The predicted molar refractivity (Wildman–Crippen MR) is 99.6 cm³/mol. The van der Waals surface area contributed by atoms with Crippen molar-refractivity contribution in [1.29, 1.82) is 0 Å². The van der Waals surface area contributed by atoms with E-state index in [1.807, 2.05) is 37.3 Å². The number of likely N-dealkylation sites (tertiary alicyclic amines) is 1. The first-order chi connectivity index (χ1) is 12.5. The van der Waals surface area contributed by atoms with E-state index in [1.54, 1.807) is 22.7 Å². The molecule has 0 spiro atoms. The number of hydrogen-bond donors (Lipinski definition) is 2. The van der Waals surface area contributed by atoms with E-state index < -0.39 is 11.5 Å². The molecule has 6 heteroatoms. The SMILES string of the molecule is CCC[C@]1(CO)CCN(C(=O)c2cc(-c3ccccc3)nn2C)C[C@@H]1O. The van der Waals surface area contributed by atoms with Gasteiger partial charge in [-0.15, -0.1) is 0 Å². The monoisotopic (exact) mass is 357 g/mol. The normalized spacial score (nSPS) is 23.2. The molecule has 0 unspecified atom stereocenters. The molecule has 2 atom stereocenters. The van der Waals surface area contributed by atoms with Crippen LogP contribution >= 0.6 is 0 Å². The number of rotatable bonds is 5. The Balaban J connectivity index is 1.78. The Morgan fingerprint density at radius 2 is 2.08 bits per heavy atom. The van der Waals surface area contributed by atoms with Crippen LogP contribution in [0.25, 0.3) is 11.3 Å². The molecule has 2 aromatic rings. The summed E-state index contributed by atoms with van der Waals surface area (Å²) in [5.41, 5.74) is 1.73. The summed E-state index contributed by atoms with van der Waals surface area (Å²) in [6.45, 7) is 2.77. The van der Waals surface area contributed by atoms with Crippen LogP contribution in [0.1, 0.15) is 36.7 Å². The van der Waals surface area contributed by atoms with Gasteiger partial charge in [-0.25, -0.2) is 0 Å². The van der Waals surface area contributed by atoms with E-state index >= 15 is 0 Å². The van der Waals surface area contributed by atoms with E-state index in [2.05, 4.69) is 5.10 Å². The first kappa shape index (κ1) is 18.6. The molecule has 1 amide bonds. The third kappa shape index (κ3) is 3.39. The van der Waals surface area contributed by atoms with E-state index in [4.69, 9.17) is 0 Å². The maximum atomic E-state index is 13.0. The Labute approximate surface area is 154 Å². The van der Waals surface area contributed by atoms with Crippen LogP contribution in [0.3, 0.4) is 0 Å². The summed E-state index contributed by atoms with van der Waals surface area (Å²) in [6, 6.07) is 11.5. The molecule has 0 bridgehead atoms. The summed E-state index contributed by atoms with van der Waals surface area (Å²) in [5, 5.41) is 24.8. The zero-order valence-electron chi connectivity index (χ0n) is 15.4. The van der Waals surface area contributed by atoms with Crippen LogP contribution in [0.2, 0.25) is 0 Å². The topological polar surface area (TPSA) is 78.6 Å². The smallest absolute Gasteiger partial charge is 0.272 e. The molecule has 26 heavy (non-hydrogen) atoms. The Hall–Kier alpha value is -2.18. The molecule has 1 aliphatic rings. The fourth-order valence-electron chi connectivity index (χ4n) is 3.83. The van der Waals surface area contributed by atoms with E-state index in [0.717, 1.165) is 24.1 Å². The predicted octanol–water partition coefficient (Wildman–Crippen LogP) is 2.07. The van der Waals surface area contributed by atoms with Crippen molar-refractivity contribution in [1.82, 2.24) is 14.7 Å². The lowest BCUT2D eigenvalue weighted by Crippen LogP contribution is -2.54. The van der Waals surface area contributed by atoms with Gasteiger partial charge in [-0.2, -0.15) is 5.10 Å². The van der Waals surface area contributed by atoms with Crippen LogP contribution < -0.4 is 0 Å². The third-order valence-corrected chi connectivity index (χ3v) is 5.50. The number of carbonyl (C=O) groups is 1. The van der Waals surface area contributed by atoms with Crippen molar-refractivity contribution in [2.45, 2.75) is 32.3 Å². The summed E-state index contributed by atoms with van der Waals surface area (Å²) in [5.74, 6) is -0.135. The fraction of sp³-hybridized carbons (Fsp3) is 0.500. The minimum Gasteiger partial charge on any atom is -0.396 e. The number of aliphatic hydroxyl groups excluding tert-OH is 2. The Bertz CT molecular complexity index is 759. The minimum absolute atomic E-state index is 0.0477. The number of aromatic nitrogens is 2. The summed E-state index contributed by atoms with van der Waals surface area (Å²) >= 11 is 0. The van der Waals surface area contributed by atoms with Crippen molar-refractivity contribution in [2.24, 2.45) is 12.5 Å². The van der Waals surface area contributed by atoms with Crippen molar-refractivity contribution in [3.63, 3.8) is 0 Å². The maximum absolute atomic E-state index is 13.0. The minimum atomic E-state index is -0.716. The average molecular weight is 357 g/mol. The molecule has 2 N–H and O–H groups in total. The molecule has 1 saturated heterocycles. The molecule has 0 radical (unpaired) electrons. The molecule has 1 aromatic heterocycles. The molecule has 0 aliphatic carbocycles. The van der Waals surface area contributed by atoms with Gasteiger partial charge in [0, 0.05) is 31.1 Å². The lowest BCUT2D eigenvalue weighted by atomic mass is 9.73.